The summed E-state index contributed by atoms with van der Waals surface area (Å²) in [6.45, 7) is 5.15. The number of rotatable bonds is 5. The average molecular weight is 462 g/mol. The molecule has 4 rings (SSSR count). The van der Waals surface area contributed by atoms with E-state index in [4.69, 9.17) is 37.4 Å². The van der Waals surface area contributed by atoms with E-state index in [1.165, 1.54) is 23.9 Å². The maximum Gasteiger partial charge on any atom is 0.338 e. The number of benzene rings is 1. The highest BCUT2D eigenvalue weighted by molar-refractivity contribution is 6.37. The molecule has 0 saturated carbocycles. The van der Waals surface area contributed by atoms with Crippen LogP contribution in [0.4, 0.5) is 0 Å². The summed E-state index contributed by atoms with van der Waals surface area (Å²) in [5.41, 5.74) is 1.19. The Kier molecular flexibility index (Phi) is 5.95. The first-order chi connectivity index (χ1) is 14.8. The molecule has 3 aromatic rings. The number of pyridine rings is 1. The smallest absolute Gasteiger partial charge is 0.338 e. The molecule has 1 aromatic carbocycles. The van der Waals surface area contributed by atoms with Crippen molar-refractivity contribution in [2.75, 3.05) is 6.61 Å². The number of esters is 2. The number of fused-ring (bicyclic) bond motifs is 1. The molecule has 0 aliphatic carbocycles. The third-order valence-corrected chi connectivity index (χ3v) is 5.24. The van der Waals surface area contributed by atoms with Crippen LogP contribution in [0.3, 0.4) is 0 Å². The molecule has 0 bridgehead atoms. The lowest BCUT2D eigenvalue weighted by Crippen LogP contribution is -2.26. The molecule has 0 amide bonds. The standard InChI is InChI=1S/C21H17Cl2N3O5/c1-11-16(10-29-21(28)13-6-4-3-5-7-13)31-20(18(11)30-12(2)27)26-19-14(9-24-26)15(22)8-17(23)25-19/h3-9,16,18,20H,1,10H2,2H3/t16-,18-,20-/m1/s1. The van der Waals surface area contributed by atoms with E-state index in [2.05, 4.69) is 16.7 Å². The molecule has 3 heterocycles. The van der Waals surface area contributed by atoms with Crippen LogP contribution in [0, 0.1) is 0 Å². The fourth-order valence-corrected chi connectivity index (χ4v) is 3.77. The van der Waals surface area contributed by atoms with Crippen molar-refractivity contribution in [1.82, 2.24) is 14.8 Å². The Balaban J connectivity index is 1.60. The number of aromatic nitrogens is 3. The maximum absolute atomic E-state index is 12.3. The van der Waals surface area contributed by atoms with Crippen LogP contribution in [-0.2, 0) is 19.0 Å². The maximum atomic E-state index is 12.3. The molecule has 0 N–H and O–H groups in total. The molecule has 160 valence electrons. The molecule has 0 spiro atoms. The fourth-order valence-electron chi connectivity index (χ4n) is 3.28. The fraction of sp³-hybridized carbons (Fsp3) is 0.238. The number of ether oxygens (including phenoxy) is 3. The van der Waals surface area contributed by atoms with Gasteiger partial charge in [0.05, 0.1) is 22.2 Å². The van der Waals surface area contributed by atoms with E-state index in [1.807, 2.05) is 0 Å². The number of halogens is 2. The van der Waals surface area contributed by atoms with Gasteiger partial charge in [-0.3, -0.25) is 4.79 Å². The normalized spacial score (nSPS) is 20.7. The lowest BCUT2D eigenvalue weighted by Gasteiger charge is -2.19. The molecule has 1 fully saturated rings. The predicted molar refractivity (Wildman–Crippen MR) is 113 cm³/mol. The highest BCUT2D eigenvalue weighted by Crippen LogP contribution is 2.37. The second-order valence-electron chi connectivity index (χ2n) is 6.84. The van der Waals surface area contributed by atoms with Crippen molar-refractivity contribution >= 4 is 46.2 Å². The van der Waals surface area contributed by atoms with E-state index in [9.17, 15) is 9.59 Å². The topological polar surface area (TPSA) is 92.5 Å². The van der Waals surface area contributed by atoms with Crippen LogP contribution in [0.25, 0.3) is 11.0 Å². The molecule has 1 aliphatic rings. The van der Waals surface area contributed by atoms with Crippen LogP contribution in [-0.4, -0.2) is 45.5 Å². The average Bonchev–Trinajstić information content (AvgIpc) is 3.28. The second kappa shape index (κ2) is 8.66. The van der Waals surface area contributed by atoms with Gasteiger partial charge in [-0.15, -0.1) is 0 Å². The first-order valence-corrected chi connectivity index (χ1v) is 10.0. The van der Waals surface area contributed by atoms with E-state index in [1.54, 1.807) is 30.3 Å². The Bertz CT molecular complexity index is 1160. The molecule has 0 radical (unpaired) electrons. The monoisotopic (exact) mass is 461 g/mol. The highest BCUT2D eigenvalue weighted by Gasteiger charge is 2.44. The van der Waals surface area contributed by atoms with Gasteiger partial charge in [0.15, 0.2) is 18.0 Å². The van der Waals surface area contributed by atoms with Crippen molar-refractivity contribution in [2.45, 2.75) is 25.4 Å². The molecule has 10 heteroatoms. The molecular weight excluding hydrogens is 445 g/mol. The minimum absolute atomic E-state index is 0.116. The minimum Gasteiger partial charge on any atom is -0.459 e. The summed E-state index contributed by atoms with van der Waals surface area (Å²) in [6.07, 6.45) is -0.978. The van der Waals surface area contributed by atoms with Crippen molar-refractivity contribution in [2.24, 2.45) is 0 Å². The van der Waals surface area contributed by atoms with E-state index < -0.39 is 30.4 Å². The Morgan fingerprint density at radius 1 is 1.26 bits per heavy atom. The van der Waals surface area contributed by atoms with Crippen LogP contribution in [0.15, 0.2) is 54.7 Å². The number of carbonyl (C=O) groups excluding carboxylic acids is 2. The number of hydrogen-bond acceptors (Lipinski definition) is 7. The van der Waals surface area contributed by atoms with Crippen molar-refractivity contribution < 1.29 is 23.8 Å². The van der Waals surface area contributed by atoms with Crippen molar-refractivity contribution in [3.63, 3.8) is 0 Å². The van der Waals surface area contributed by atoms with Crippen molar-refractivity contribution in [1.29, 1.82) is 0 Å². The lowest BCUT2D eigenvalue weighted by atomic mass is 10.1. The SMILES string of the molecule is C=C1[C@@H](OC(C)=O)[C@H](n2ncc3c(Cl)cc(Cl)nc32)O[C@@H]1COC(=O)c1ccccc1. The second-order valence-corrected chi connectivity index (χ2v) is 7.63. The minimum atomic E-state index is -0.892. The van der Waals surface area contributed by atoms with Gasteiger partial charge < -0.3 is 14.2 Å². The molecule has 1 aliphatic heterocycles. The van der Waals surface area contributed by atoms with Crippen molar-refractivity contribution in [3.05, 3.63) is 70.5 Å². The number of hydrogen-bond donors (Lipinski definition) is 0. The van der Waals surface area contributed by atoms with Gasteiger partial charge in [0.1, 0.15) is 17.9 Å². The van der Waals surface area contributed by atoms with Crippen LogP contribution < -0.4 is 0 Å². The van der Waals surface area contributed by atoms with Gasteiger partial charge in [-0.2, -0.15) is 5.10 Å². The summed E-state index contributed by atoms with van der Waals surface area (Å²) in [7, 11) is 0. The Hall–Kier alpha value is -2.94. The van der Waals surface area contributed by atoms with Crippen LogP contribution in [0.2, 0.25) is 10.2 Å². The van der Waals surface area contributed by atoms with Crippen LogP contribution in [0.5, 0.6) is 0 Å². The lowest BCUT2D eigenvalue weighted by molar-refractivity contribution is -0.151. The summed E-state index contributed by atoms with van der Waals surface area (Å²) in [6, 6.07) is 10.1. The predicted octanol–water partition coefficient (Wildman–Crippen LogP) is 3.98. The Morgan fingerprint density at radius 2 is 2.00 bits per heavy atom. The van der Waals surface area contributed by atoms with Crippen LogP contribution in [0.1, 0.15) is 23.5 Å². The van der Waals surface area contributed by atoms with Gasteiger partial charge in [0.2, 0.25) is 0 Å². The molecule has 8 nitrogen and oxygen atoms in total. The summed E-state index contributed by atoms with van der Waals surface area (Å²) in [5, 5.41) is 5.40. The van der Waals surface area contributed by atoms with Gasteiger partial charge in [-0.25, -0.2) is 14.5 Å². The first kappa shape index (κ1) is 21.3. The van der Waals surface area contributed by atoms with Crippen LogP contribution >= 0.6 is 23.2 Å². The van der Waals surface area contributed by atoms with E-state index in [0.29, 0.717) is 27.2 Å². The summed E-state index contributed by atoms with van der Waals surface area (Å²) < 4.78 is 18.3. The zero-order valence-corrected chi connectivity index (χ0v) is 17.8. The van der Waals surface area contributed by atoms with Crippen molar-refractivity contribution in [3.8, 4) is 0 Å². The Morgan fingerprint density at radius 3 is 2.71 bits per heavy atom. The summed E-state index contributed by atoms with van der Waals surface area (Å²) in [5.74, 6) is -1.03. The van der Waals surface area contributed by atoms with E-state index in [-0.39, 0.29) is 11.8 Å². The molecule has 2 aromatic heterocycles. The third kappa shape index (κ3) is 4.27. The van der Waals surface area contributed by atoms with Gasteiger partial charge in [0, 0.05) is 6.92 Å². The van der Waals surface area contributed by atoms with Gasteiger partial charge in [0.25, 0.3) is 0 Å². The van der Waals surface area contributed by atoms with E-state index >= 15 is 0 Å². The van der Waals surface area contributed by atoms with E-state index in [0.717, 1.165) is 0 Å². The molecule has 1 saturated heterocycles. The van der Waals surface area contributed by atoms with Gasteiger partial charge in [-0.05, 0) is 23.8 Å². The third-order valence-electron chi connectivity index (χ3n) is 4.74. The Labute approximate surface area is 187 Å². The molecular formula is C21H17Cl2N3O5. The summed E-state index contributed by atoms with van der Waals surface area (Å²) in [4.78, 5) is 28.2. The van der Waals surface area contributed by atoms with Gasteiger partial charge >= 0.3 is 11.9 Å². The quantitative estimate of drug-likeness (QED) is 0.322. The zero-order valence-electron chi connectivity index (χ0n) is 16.3. The highest BCUT2D eigenvalue weighted by atomic mass is 35.5. The zero-order chi connectivity index (χ0) is 22.1. The summed E-state index contributed by atoms with van der Waals surface area (Å²) >= 11 is 12.3. The van der Waals surface area contributed by atoms with Gasteiger partial charge in [-0.1, -0.05) is 48.0 Å². The first-order valence-electron chi connectivity index (χ1n) is 9.28. The molecule has 31 heavy (non-hydrogen) atoms. The largest absolute Gasteiger partial charge is 0.459 e. The molecule has 3 atom stereocenters. The number of nitrogens with zero attached hydrogens (tertiary/aromatic N) is 3. The number of carbonyl (C=O) groups is 2. The molecule has 0 unspecified atom stereocenters.